The highest BCUT2D eigenvalue weighted by molar-refractivity contribution is 7.15. The van der Waals surface area contributed by atoms with Gasteiger partial charge in [-0.2, -0.15) is 0 Å². The lowest BCUT2D eigenvalue weighted by Gasteiger charge is -2.04. The van der Waals surface area contributed by atoms with Crippen molar-refractivity contribution in [1.82, 2.24) is 9.97 Å². The monoisotopic (exact) mass is 278 g/mol. The second-order valence-corrected chi connectivity index (χ2v) is 5.34. The number of fused-ring (bicyclic) bond motifs is 1. The molecule has 0 unspecified atom stereocenters. The van der Waals surface area contributed by atoms with Crippen LogP contribution < -0.4 is 11.1 Å². The first-order chi connectivity index (χ1) is 9.15. The van der Waals surface area contributed by atoms with Gasteiger partial charge in [0.2, 0.25) is 0 Å². The van der Waals surface area contributed by atoms with Crippen molar-refractivity contribution in [3.05, 3.63) is 34.2 Å². The van der Waals surface area contributed by atoms with Gasteiger partial charge in [-0.1, -0.05) is 0 Å². The number of nitrogens with zero attached hydrogens (tertiary/aromatic N) is 2. The van der Waals surface area contributed by atoms with Gasteiger partial charge in [0.15, 0.2) is 16.8 Å². The van der Waals surface area contributed by atoms with Gasteiger partial charge >= 0.3 is 0 Å². The van der Waals surface area contributed by atoms with Crippen molar-refractivity contribution >= 4 is 28.2 Å². The Morgan fingerprint density at radius 1 is 1.47 bits per heavy atom. The first kappa shape index (κ1) is 12.0. The van der Waals surface area contributed by atoms with Crippen molar-refractivity contribution in [2.75, 3.05) is 11.1 Å². The molecule has 3 rings (SSSR count). The minimum atomic E-state index is -0.802. The molecular weight excluding hydrogens is 267 g/mol. The molecule has 1 aliphatic carbocycles. The lowest BCUT2D eigenvalue weighted by molar-refractivity contribution is 0.102. The normalized spacial score (nSPS) is 13.3. The Labute approximate surface area is 112 Å². The number of nitrogens with two attached hydrogens (primary N) is 1. The summed E-state index contributed by atoms with van der Waals surface area (Å²) >= 11 is 1.44. The molecule has 98 valence electrons. The number of nitrogen functional groups attached to an aromatic ring is 1. The van der Waals surface area contributed by atoms with Crippen molar-refractivity contribution in [2.45, 2.75) is 19.3 Å². The summed E-state index contributed by atoms with van der Waals surface area (Å²) in [4.78, 5) is 21.1. The molecule has 0 aromatic carbocycles. The van der Waals surface area contributed by atoms with Crippen LogP contribution in [-0.4, -0.2) is 15.9 Å². The van der Waals surface area contributed by atoms with E-state index in [4.69, 9.17) is 5.73 Å². The Kier molecular flexibility index (Phi) is 2.90. The number of carbonyl (C=O) groups excluding carboxylic acids is 1. The van der Waals surface area contributed by atoms with Crippen LogP contribution in [0.3, 0.4) is 0 Å². The Hall–Kier alpha value is -2.02. The molecule has 0 saturated carbocycles. The fraction of sp³-hybridized carbons (Fsp3) is 0.250. The maximum absolute atomic E-state index is 13.7. The van der Waals surface area contributed by atoms with Crippen LogP contribution in [0, 0.1) is 5.82 Å². The minimum absolute atomic E-state index is 0.122. The predicted octanol–water partition coefficient (Wildman–Crippen LogP) is 2.00. The van der Waals surface area contributed by atoms with Gasteiger partial charge in [-0.3, -0.25) is 10.1 Å². The molecule has 5 nitrogen and oxygen atoms in total. The van der Waals surface area contributed by atoms with Crippen LogP contribution in [0.25, 0.3) is 0 Å². The largest absolute Gasteiger partial charge is 0.381 e. The van der Waals surface area contributed by atoms with Gasteiger partial charge in [-0.05, 0) is 25.3 Å². The Morgan fingerprint density at radius 3 is 3.11 bits per heavy atom. The molecule has 0 aliphatic heterocycles. The SMILES string of the molecule is Nc1nccc(C(=O)Nc2nc3c(s2)CCC3)c1F. The van der Waals surface area contributed by atoms with Crippen LogP contribution >= 0.6 is 11.3 Å². The number of thiazole rings is 1. The zero-order chi connectivity index (χ0) is 13.4. The first-order valence-electron chi connectivity index (χ1n) is 5.85. The van der Waals surface area contributed by atoms with Crippen LogP contribution in [0.5, 0.6) is 0 Å². The molecule has 3 N–H and O–H groups in total. The van der Waals surface area contributed by atoms with Crippen LogP contribution in [0.2, 0.25) is 0 Å². The van der Waals surface area contributed by atoms with Gasteiger partial charge < -0.3 is 5.73 Å². The highest BCUT2D eigenvalue weighted by Gasteiger charge is 2.20. The number of nitrogens with one attached hydrogen (secondary N) is 1. The van der Waals surface area contributed by atoms with E-state index < -0.39 is 11.7 Å². The summed E-state index contributed by atoms with van der Waals surface area (Å²) in [5.74, 6) is -1.64. The van der Waals surface area contributed by atoms with Crippen LogP contribution in [-0.2, 0) is 12.8 Å². The number of halogens is 1. The van der Waals surface area contributed by atoms with Gasteiger partial charge in [0.25, 0.3) is 5.91 Å². The molecule has 7 heteroatoms. The van der Waals surface area contributed by atoms with Gasteiger partial charge in [0.05, 0.1) is 11.3 Å². The van der Waals surface area contributed by atoms with E-state index in [1.807, 2.05) is 0 Å². The van der Waals surface area contributed by atoms with Crippen LogP contribution in [0.4, 0.5) is 15.3 Å². The van der Waals surface area contributed by atoms with E-state index in [9.17, 15) is 9.18 Å². The maximum atomic E-state index is 13.7. The quantitative estimate of drug-likeness (QED) is 0.880. The van der Waals surface area contributed by atoms with E-state index in [0.717, 1.165) is 25.0 Å². The third kappa shape index (κ3) is 2.17. The summed E-state index contributed by atoms with van der Waals surface area (Å²) in [6.07, 6.45) is 4.35. The molecule has 2 aromatic heterocycles. The number of hydrogen-bond acceptors (Lipinski definition) is 5. The molecule has 0 atom stereocenters. The van der Waals surface area contributed by atoms with E-state index in [1.165, 1.54) is 28.5 Å². The number of anilines is 2. The molecule has 1 amide bonds. The molecule has 0 fully saturated rings. The van der Waals surface area contributed by atoms with Gasteiger partial charge in [0.1, 0.15) is 0 Å². The van der Waals surface area contributed by atoms with Crippen LogP contribution in [0.1, 0.15) is 27.3 Å². The molecule has 19 heavy (non-hydrogen) atoms. The number of carbonyl (C=O) groups is 1. The fourth-order valence-electron chi connectivity index (χ4n) is 2.04. The second kappa shape index (κ2) is 4.58. The van der Waals surface area contributed by atoms with E-state index >= 15 is 0 Å². The Balaban J connectivity index is 1.82. The van der Waals surface area contributed by atoms with Crippen molar-refractivity contribution < 1.29 is 9.18 Å². The number of aromatic nitrogens is 2. The molecule has 0 radical (unpaired) electrons. The summed E-state index contributed by atoms with van der Waals surface area (Å²) in [6.45, 7) is 0. The topological polar surface area (TPSA) is 80.9 Å². The number of rotatable bonds is 2. The summed E-state index contributed by atoms with van der Waals surface area (Å²) in [5.41, 5.74) is 6.25. The number of amides is 1. The average molecular weight is 278 g/mol. The lowest BCUT2D eigenvalue weighted by Crippen LogP contribution is -2.15. The molecule has 0 bridgehead atoms. The molecule has 0 spiro atoms. The van der Waals surface area contributed by atoms with Gasteiger partial charge in [-0.15, -0.1) is 11.3 Å². The fourth-order valence-corrected chi connectivity index (χ4v) is 3.09. The highest BCUT2D eigenvalue weighted by Crippen LogP contribution is 2.30. The zero-order valence-electron chi connectivity index (χ0n) is 9.94. The lowest BCUT2D eigenvalue weighted by atomic mass is 10.2. The van der Waals surface area contributed by atoms with Crippen molar-refractivity contribution in [3.8, 4) is 0 Å². The number of hydrogen-bond donors (Lipinski definition) is 2. The molecule has 2 heterocycles. The van der Waals surface area contributed by atoms with Crippen molar-refractivity contribution in [3.63, 3.8) is 0 Å². The van der Waals surface area contributed by atoms with Crippen LogP contribution in [0.15, 0.2) is 12.3 Å². The maximum Gasteiger partial charge on any atom is 0.260 e. The van der Waals surface area contributed by atoms with Crippen molar-refractivity contribution in [1.29, 1.82) is 0 Å². The highest BCUT2D eigenvalue weighted by atomic mass is 32.1. The predicted molar refractivity (Wildman–Crippen MR) is 70.7 cm³/mol. The first-order valence-corrected chi connectivity index (χ1v) is 6.66. The summed E-state index contributed by atoms with van der Waals surface area (Å²) < 4.78 is 13.7. The molecule has 2 aromatic rings. The Morgan fingerprint density at radius 2 is 2.32 bits per heavy atom. The standard InChI is InChI=1S/C12H11FN4OS/c13-9-6(4-5-15-10(9)14)11(18)17-12-16-7-2-1-3-8(7)19-12/h4-5H,1-3H2,(H2,14,15)(H,16,17,18). The van der Waals surface area contributed by atoms with E-state index in [0.29, 0.717) is 5.13 Å². The van der Waals surface area contributed by atoms with E-state index in [2.05, 4.69) is 15.3 Å². The number of aryl methyl sites for hydroxylation is 2. The second-order valence-electron chi connectivity index (χ2n) is 4.25. The summed E-state index contributed by atoms with van der Waals surface area (Å²) in [6, 6.07) is 1.29. The van der Waals surface area contributed by atoms with Crippen molar-refractivity contribution in [2.24, 2.45) is 0 Å². The smallest absolute Gasteiger partial charge is 0.260 e. The third-order valence-corrected chi connectivity index (χ3v) is 4.05. The van der Waals surface area contributed by atoms with E-state index in [1.54, 1.807) is 0 Å². The molecular formula is C12H11FN4OS. The molecule has 0 saturated heterocycles. The zero-order valence-corrected chi connectivity index (χ0v) is 10.8. The minimum Gasteiger partial charge on any atom is -0.381 e. The summed E-state index contributed by atoms with van der Waals surface area (Å²) in [7, 11) is 0. The molecule has 1 aliphatic rings. The third-order valence-electron chi connectivity index (χ3n) is 2.98. The number of pyridine rings is 1. The Bertz CT molecular complexity index is 634. The van der Waals surface area contributed by atoms with Gasteiger partial charge in [0, 0.05) is 11.1 Å². The average Bonchev–Trinajstić information content (AvgIpc) is 2.93. The summed E-state index contributed by atoms with van der Waals surface area (Å²) in [5, 5.41) is 3.10. The van der Waals surface area contributed by atoms with E-state index in [-0.39, 0.29) is 11.4 Å². The van der Waals surface area contributed by atoms with Gasteiger partial charge in [-0.25, -0.2) is 14.4 Å².